The molecule has 146 valence electrons. The van der Waals surface area contributed by atoms with E-state index < -0.39 is 0 Å². The van der Waals surface area contributed by atoms with E-state index in [1.165, 1.54) is 51.3 Å². The largest absolute Gasteiger partial charge is 0.542 e. The standard InChI is InChI=1S/C26H25BN3/c1-19-9-7-16-24-25(19)26-28(2)17-18-29(26)27-22-14-5-3-10-20(22)12-8-13-21-11-4-6-15-23(21)30(24)27/h3-7,9-11,14-18H,8,12-13H2,1-2H3/q+1. The summed E-state index contributed by atoms with van der Waals surface area (Å²) in [5, 5.41) is 0. The van der Waals surface area contributed by atoms with Gasteiger partial charge in [0.05, 0.1) is 12.6 Å². The van der Waals surface area contributed by atoms with Crippen molar-refractivity contribution in [3.8, 4) is 11.4 Å². The van der Waals surface area contributed by atoms with Crippen LogP contribution in [0.25, 0.3) is 11.4 Å². The second kappa shape index (κ2) is 6.63. The van der Waals surface area contributed by atoms with E-state index in [0.717, 1.165) is 12.8 Å². The second-order valence-corrected chi connectivity index (χ2v) is 8.53. The fraction of sp³-hybridized carbons (Fsp3) is 0.192. The Morgan fingerprint density at radius 2 is 1.57 bits per heavy atom. The van der Waals surface area contributed by atoms with Gasteiger partial charge >= 0.3 is 6.98 Å². The molecule has 4 aromatic rings. The van der Waals surface area contributed by atoms with E-state index in [1.807, 2.05) is 0 Å². The van der Waals surface area contributed by atoms with Gasteiger partial charge in [-0.1, -0.05) is 54.6 Å². The highest BCUT2D eigenvalue weighted by Gasteiger charge is 2.47. The van der Waals surface area contributed by atoms with Crippen molar-refractivity contribution in [3.63, 3.8) is 0 Å². The van der Waals surface area contributed by atoms with Crippen LogP contribution in [0.1, 0.15) is 23.1 Å². The fourth-order valence-electron chi connectivity index (χ4n) is 5.39. The molecule has 0 saturated heterocycles. The zero-order valence-electron chi connectivity index (χ0n) is 17.5. The summed E-state index contributed by atoms with van der Waals surface area (Å²) in [4.78, 5) is 2.58. The summed E-state index contributed by atoms with van der Waals surface area (Å²) in [5.74, 6) is 1.27. The van der Waals surface area contributed by atoms with Gasteiger partial charge in [0.1, 0.15) is 12.4 Å². The number of rotatable bonds is 0. The number of imidazole rings is 1. The summed E-state index contributed by atoms with van der Waals surface area (Å²) in [6.45, 7) is 2.33. The van der Waals surface area contributed by atoms with Crippen LogP contribution in [0.5, 0.6) is 0 Å². The van der Waals surface area contributed by atoms with Crippen molar-refractivity contribution in [2.45, 2.75) is 26.2 Å². The summed E-state index contributed by atoms with van der Waals surface area (Å²) in [7, 11) is 2.16. The van der Waals surface area contributed by atoms with Gasteiger partial charge < -0.3 is 4.81 Å². The Bertz CT molecular complexity index is 1270. The first-order valence-electron chi connectivity index (χ1n) is 10.9. The molecule has 2 aliphatic heterocycles. The summed E-state index contributed by atoms with van der Waals surface area (Å²) in [6.07, 6.45) is 7.82. The third-order valence-corrected chi connectivity index (χ3v) is 6.75. The minimum atomic E-state index is 0.103. The van der Waals surface area contributed by atoms with E-state index in [-0.39, 0.29) is 6.98 Å². The fourth-order valence-corrected chi connectivity index (χ4v) is 5.39. The van der Waals surface area contributed by atoms with Gasteiger partial charge in [0.2, 0.25) is 0 Å². The van der Waals surface area contributed by atoms with Crippen LogP contribution in [0.2, 0.25) is 0 Å². The molecule has 0 aliphatic carbocycles. The molecule has 0 radical (unpaired) electrons. The Balaban J connectivity index is 1.75. The van der Waals surface area contributed by atoms with Crippen LogP contribution in [-0.2, 0) is 19.9 Å². The van der Waals surface area contributed by atoms with Crippen LogP contribution >= 0.6 is 0 Å². The van der Waals surface area contributed by atoms with Crippen LogP contribution in [-0.4, -0.2) is 11.5 Å². The molecule has 0 fully saturated rings. The van der Waals surface area contributed by atoms with Crippen molar-refractivity contribution in [2.24, 2.45) is 7.05 Å². The van der Waals surface area contributed by atoms with E-state index in [4.69, 9.17) is 0 Å². The van der Waals surface area contributed by atoms with Gasteiger partial charge in [-0.2, -0.15) is 0 Å². The molecule has 0 atom stereocenters. The number of hydrogen-bond acceptors (Lipinski definition) is 1. The van der Waals surface area contributed by atoms with Gasteiger partial charge in [0.25, 0.3) is 5.82 Å². The number of benzene rings is 3. The molecular formula is C26H25BN3+. The highest BCUT2D eigenvalue weighted by atomic mass is 15.2. The maximum Gasteiger partial charge on any atom is 0.542 e. The van der Waals surface area contributed by atoms with Crippen LogP contribution in [0, 0.1) is 6.92 Å². The molecule has 0 unspecified atom stereocenters. The minimum absolute atomic E-state index is 0.103. The predicted octanol–water partition coefficient (Wildman–Crippen LogP) is 4.17. The van der Waals surface area contributed by atoms with Gasteiger partial charge in [0, 0.05) is 11.4 Å². The SMILES string of the molecule is Cc1cccc2c1-c1n(C)cc[n+]1B1c3ccccc3CCCc3ccccc3N12. The van der Waals surface area contributed by atoms with Gasteiger partial charge in [-0.05, 0) is 60.5 Å². The van der Waals surface area contributed by atoms with Gasteiger partial charge in [0.15, 0.2) is 0 Å². The average Bonchev–Trinajstić information content (AvgIpc) is 3.17. The topological polar surface area (TPSA) is 12.0 Å². The Kier molecular flexibility index (Phi) is 3.89. The van der Waals surface area contributed by atoms with Gasteiger partial charge in [-0.25, -0.2) is 4.57 Å². The lowest BCUT2D eigenvalue weighted by Crippen LogP contribution is -2.70. The Labute approximate surface area is 178 Å². The summed E-state index contributed by atoms with van der Waals surface area (Å²) in [5.41, 5.74) is 9.55. The highest BCUT2D eigenvalue weighted by molar-refractivity contribution is 6.72. The monoisotopic (exact) mass is 390 g/mol. The van der Waals surface area contributed by atoms with E-state index >= 15 is 0 Å². The van der Waals surface area contributed by atoms with Gasteiger partial charge in [-0.15, -0.1) is 0 Å². The maximum absolute atomic E-state index is 2.58. The minimum Gasteiger partial charge on any atom is -0.338 e. The number of nitrogens with zero attached hydrogens (tertiary/aromatic N) is 3. The normalized spacial score (nSPS) is 14.5. The molecule has 1 aromatic heterocycles. The second-order valence-electron chi connectivity index (χ2n) is 8.53. The lowest BCUT2D eigenvalue weighted by molar-refractivity contribution is -0.523. The molecule has 2 aliphatic rings. The third kappa shape index (κ3) is 2.43. The Hall–Kier alpha value is -3.27. The molecule has 30 heavy (non-hydrogen) atoms. The molecule has 3 heterocycles. The number of anilines is 2. The maximum atomic E-state index is 2.58. The molecule has 6 rings (SSSR count). The van der Waals surface area contributed by atoms with E-state index in [2.05, 4.69) is 107 Å². The molecule has 0 saturated carbocycles. The number of aryl methyl sites for hydroxylation is 4. The highest BCUT2D eigenvalue weighted by Crippen LogP contribution is 2.41. The van der Waals surface area contributed by atoms with E-state index in [1.54, 1.807) is 0 Å². The first-order valence-corrected chi connectivity index (χ1v) is 10.9. The number of para-hydroxylation sites is 1. The van der Waals surface area contributed by atoms with Crippen LogP contribution in [0.15, 0.2) is 79.1 Å². The van der Waals surface area contributed by atoms with Crippen molar-refractivity contribution in [2.75, 3.05) is 4.81 Å². The molecule has 0 N–H and O–H groups in total. The molecule has 3 nitrogen and oxygen atoms in total. The molecule has 0 bridgehead atoms. The van der Waals surface area contributed by atoms with Crippen molar-refractivity contribution in [3.05, 3.63) is 95.8 Å². The quantitative estimate of drug-likeness (QED) is 0.411. The summed E-state index contributed by atoms with van der Waals surface area (Å²) in [6, 6.07) is 24.7. The van der Waals surface area contributed by atoms with Crippen LogP contribution in [0.3, 0.4) is 0 Å². The average molecular weight is 390 g/mol. The first-order chi connectivity index (χ1) is 14.7. The molecular weight excluding hydrogens is 365 g/mol. The number of aromatic nitrogens is 2. The first kappa shape index (κ1) is 17.6. The summed E-state index contributed by atoms with van der Waals surface area (Å²) >= 11 is 0. The zero-order chi connectivity index (χ0) is 20.2. The van der Waals surface area contributed by atoms with Crippen molar-refractivity contribution >= 4 is 23.8 Å². The molecule has 0 amide bonds. The third-order valence-electron chi connectivity index (χ3n) is 6.75. The Morgan fingerprint density at radius 3 is 2.47 bits per heavy atom. The van der Waals surface area contributed by atoms with Crippen molar-refractivity contribution in [1.29, 1.82) is 0 Å². The van der Waals surface area contributed by atoms with Crippen LogP contribution < -0.4 is 14.8 Å². The lowest BCUT2D eigenvalue weighted by Gasteiger charge is -2.35. The Morgan fingerprint density at radius 1 is 0.833 bits per heavy atom. The van der Waals surface area contributed by atoms with Crippen molar-refractivity contribution in [1.82, 2.24) is 4.57 Å². The van der Waals surface area contributed by atoms with E-state index in [9.17, 15) is 0 Å². The number of hydrogen-bond donors (Lipinski definition) is 0. The van der Waals surface area contributed by atoms with Crippen LogP contribution in [0.4, 0.5) is 11.4 Å². The van der Waals surface area contributed by atoms with Gasteiger partial charge in [-0.3, -0.25) is 4.48 Å². The molecule has 3 aromatic carbocycles. The molecule has 4 heteroatoms. The number of fused-ring (bicyclic) bond motifs is 10. The smallest absolute Gasteiger partial charge is 0.338 e. The predicted molar refractivity (Wildman–Crippen MR) is 124 cm³/mol. The van der Waals surface area contributed by atoms with Crippen molar-refractivity contribution < 1.29 is 4.48 Å². The lowest BCUT2D eigenvalue weighted by atomic mass is 9.61. The van der Waals surface area contributed by atoms with E-state index in [0.29, 0.717) is 0 Å². The zero-order valence-corrected chi connectivity index (χ0v) is 17.5. The summed E-state index contributed by atoms with van der Waals surface area (Å²) < 4.78 is 4.74. The molecule has 0 spiro atoms.